The van der Waals surface area contributed by atoms with Crippen LogP contribution in [0.2, 0.25) is 0 Å². The minimum absolute atomic E-state index is 0.154. The molecule has 4 nitrogen and oxygen atoms in total. The first-order valence-corrected chi connectivity index (χ1v) is 6.64. The van der Waals surface area contributed by atoms with E-state index in [0.29, 0.717) is 12.1 Å². The van der Waals surface area contributed by atoms with E-state index in [4.69, 9.17) is 10.5 Å². The Morgan fingerprint density at radius 2 is 1.76 bits per heavy atom. The van der Waals surface area contributed by atoms with Gasteiger partial charge in [-0.15, -0.1) is 0 Å². The van der Waals surface area contributed by atoms with Crippen LogP contribution in [0.4, 0.5) is 4.79 Å². The van der Waals surface area contributed by atoms with E-state index in [0.717, 1.165) is 25.7 Å². The number of amides is 1. The third-order valence-electron chi connectivity index (χ3n) is 3.62. The van der Waals surface area contributed by atoms with Gasteiger partial charge in [0.1, 0.15) is 5.60 Å². The number of nitrogens with two attached hydrogens (primary N) is 1. The van der Waals surface area contributed by atoms with Crippen molar-refractivity contribution in [2.45, 2.75) is 76.6 Å². The van der Waals surface area contributed by atoms with Crippen LogP contribution in [0.5, 0.6) is 0 Å². The van der Waals surface area contributed by atoms with Gasteiger partial charge in [-0.3, -0.25) is 0 Å². The smallest absolute Gasteiger partial charge is 0.410 e. The molecule has 2 bridgehead atoms. The summed E-state index contributed by atoms with van der Waals surface area (Å²) in [5.74, 6) is 0. The zero-order chi connectivity index (χ0) is 12.6. The zero-order valence-electron chi connectivity index (χ0n) is 11.1. The summed E-state index contributed by atoms with van der Waals surface area (Å²) in [6.45, 7) is 5.74. The molecule has 0 aromatic carbocycles. The van der Waals surface area contributed by atoms with E-state index >= 15 is 0 Å². The van der Waals surface area contributed by atoms with Crippen LogP contribution in [0, 0.1) is 0 Å². The van der Waals surface area contributed by atoms with Crippen molar-refractivity contribution in [2.75, 3.05) is 0 Å². The first kappa shape index (κ1) is 12.7. The fraction of sp³-hybridized carbons (Fsp3) is 0.923. The van der Waals surface area contributed by atoms with Gasteiger partial charge in [0, 0.05) is 18.1 Å². The van der Waals surface area contributed by atoms with Crippen LogP contribution in [0.1, 0.15) is 52.9 Å². The molecule has 2 rings (SSSR count). The molecule has 2 saturated heterocycles. The summed E-state index contributed by atoms with van der Waals surface area (Å²) in [5.41, 5.74) is 5.62. The van der Waals surface area contributed by atoms with Gasteiger partial charge in [0.25, 0.3) is 0 Å². The fourth-order valence-electron chi connectivity index (χ4n) is 3.04. The highest BCUT2D eigenvalue weighted by atomic mass is 16.6. The van der Waals surface area contributed by atoms with Crippen LogP contribution < -0.4 is 5.73 Å². The lowest BCUT2D eigenvalue weighted by atomic mass is 9.82. The summed E-state index contributed by atoms with van der Waals surface area (Å²) < 4.78 is 5.49. The Kier molecular flexibility index (Phi) is 3.34. The summed E-state index contributed by atoms with van der Waals surface area (Å²) in [5, 5.41) is 0. The van der Waals surface area contributed by atoms with E-state index in [1.165, 1.54) is 6.42 Å². The SMILES string of the molecule is CC(C)(C)OC(=O)N1[C@@H]2CCC[C@@H]1CC(N)C2. The van der Waals surface area contributed by atoms with Crippen LogP contribution >= 0.6 is 0 Å². The number of hydrogen-bond donors (Lipinski definition) is 1. The van der Waals surface area contributed by atoms with Gasteiger partial charge >= 0.3 is 6.09 Å². The lowest BCUT2D eigenvalue weighted by molar-refractivity contribution is -0.0210. The van der Waals surface area contributed by atoms with Gasteiger partial charge in [0.15, 0.2) is 0 Å². The third kappa shape index (κ3) is 2.92. The fourth-order valence-corrected chi connectivity index (χ4v) is 3.04. The first-order valence-electron chi connectivity index (χ1n) is 6.64. The lowest BCUT2D eigenvalue weighted by Gasteiger charge is -2.47. The Morgan fingerprint density at radius 3 is 2.24 bits per heavy atom. The van der Waals surface area contributed by atoms with Crippen molar-refractivity contribution in [3.05, 3.63) is 0 Å². The average molecular weight is 240 g/mol. The molecule has 2 atom stereocenters. The van der Waals surface area contributed by atoms with Gasteiger partial charge in [-0.2, -0.15) is 0 Å². The van der Waals surface area contributed by atoms with Crippen molar-refractivity contribution in [2.24, 2.45) is 5.73 Å². The summed E-state index contributed by atoms with van der Waals surface area (Å²) in [6, 6.07) is 0.851. The number of ether oxygens (including phenoxy) is 1. The number of piperidine rings is 2. The van der Waals surface area contributed by atoms with Crippen molar-refractivity contribution >= 4 is 6.09 Å². The Labute approximate surface area is 103 Å². The van der Waals surface area contributed by atoms with Crippen LogP contribution in [0.3, 0.4) is 0 Å². The van der Waals surface area contributed by atoms with Crippen LogP contribution in [0.15, 0.2) is 0 Å². The lowest BCUT2D eigenvalue weighted by Crippen LogP contribution is -2.58. The van der Waals surface area contributed by atoms with Crippen molar-refractivity contribution < 1.29 is 9.53 Å². The zero-order valence-corrected chi connectivity index (χ0v) is 11.1. The second-order valence-corrected chi connectivity index (χ2v) is 6.36. The molecule has 2 fully saturated rings. The van der Waals surface area contributed by atoms with Gasteiger partial charge in [-0.05, 0) is 52.9 Å². The second kappa shape index (κ2) is 4.48. The second-order valence-electron chi connectivity index (χ2n) is 6.36. The Morgan fingerprint density at radius 1 is 1.24 bits per heavy atom. The van der Waals surface area contributed by atoms with Crippen LogP contribution in [-0.2, 0) is 4.74 Å². The van der Waals surface area contributed by atoms with E-state index in [1.807, 2.05) is 25.7 Å². The van der Waals surface area contributed by atoms with Crippen molar-refractivity contribution in [3.8, 4) is 0 Å². The molecule has 98 valence electrons. The highest BCUT2D eigenvalue weighted by molar-refractivity contribution is 5.69. The summed E-state index contributed by atoms with van der Waals surface area (Å²) in [6.07, 6.45) is 5.05. The maximum absolute atomic E-state index is 12.2. The topological polar surface area (TPSA) is 55.6 Å². The normalized spacial score (nSPS) is 33.4. The summed E-state index contributed by atoms with van der Waals surface area (Å²) in [4.78, 5) is 14.2. The Balaban J connectivity index is 2.07. The minimum atomic E-state index is -0.412. The van der Waals surface area contributed by atoms with E-state index in [2.05, 4.69) is 0 Å². The highest BCUT2D eigenvalue weighted by Gasteiger charge is 2.41. The number of nitrogens with zero attached hydrogens (tertiary/aromatic N) is 1. The number of rotatable bonds is 0. The van der Waals surface area contributed by atoms with Crippen molar-refractivity contribution in [1.29, 1.82) is 0 Å². The van der Waals surface area contributed by atoms with E-state index < -0.39 is 5.60 Å². The molecule has 17 heavy (non-hydrogen) atoms. The molecular formula is C13H24N2O2. The van der Waals surface area contributed by atoms with Crippen LogP contribution in [0.25, 0.3) is 0 Å². The van der Waals surface area contributed by atoms with Gasteiger partial charge < -0.3 is 15.4 Å². The predicted molar refractivity (Wildman–Crippen MR) is 66.7 cm³/mol. The molecular weight excluding hydrogens is 216 g/mol. The Hall–Kier alpha value is -0.770. The molecule has 4 heteroatoms. The maximum Gasteiger partial charge on any atom is 0.410 e. The standard InChI is InChI=1S/C13H24N2O2/c1-13(2,3)17-12(16)15-10-5-4-6-11(15)8-9(14)7-10/h9-11H,4-8,14H2,1-3H3/t10-,11-/m1/s1. The molecule has 0 spiro atoms. The summed E-state index contributed by atoms with van der Waals surface area (Å²) in [7, 11) is 0. The number of carbonyl (C=O) groups excluding carboxylic acids is 1. The van der Waals surface area contributed by atoms with Crippen molar-refractivity contribution in [1.82, 2.24) is 4.90 Å². The molecule has 0 saturated carbocycles. The van der Waals surface area contributed by atoms with E-state index in [-0.39, 0.29) is 12.1 Å². The van der Waals surface area contributed by atoms with Gasteiger partial charge in [0.2, 0.25) is 0 Å². The molecule has 2 aliphatic heterocycles. The molecule has 1 amide bonds. The van der Waals surface area contributed by atoms with Crippen molar-refractivity contribution in [3.63, 3.8) is 0 Å². The molecule has 0 aromatic heterocycles. The minimum Gasteiger partial charge on any atom is -0.444 e. The molecule has 2 aliphatic rings. The summed E-state index contributed by atoms with van der Waals surface area (Å²) >= 11 is 0. The number of carbonyl (C=O) groups is 1. The van der Waals surface area contributed by atoms with Gasteiger partial charge in [-0.1, -0.05) is 0 Å². The Bertz CT molecular complexity index is 284. The molecule has 0 aromatic rings. The molecule has 2 N–H and O–H groups in total. The van der Waals surface area contributed by atoms with E-state index in [1.54, 1.807) is 0 Å². The average Bonchev–Trinajstić information content (AvgIpc) is 2.12. The van der Waals surface area contributed by atoms with Crippen LogP contribution in [-0.4, -0.2) is 34.7 Å². The molecule has 0 radical (unpaired) electrons. The monoisotopic (exact) mass is 240 g/mol. The quantitative estimate of drug-likeness (QED) is 0.706. The number of fused-ring (bicyclic) bond motifs is 2. The van der Waals surface area contributed by atoms with Gasteiger partial charge in [-0.25, -0.2) is 4.79 Å². The molecule has 0 unspecified atom stereocenters. The van der Waals surface area contributed by atoms with E-state index in [9.17, 15) is 4.79 Å². The molecule has 0 aliphatic carbocycles. The number of hydrogen-bond acceptors (Lipinski definition) is 3. The predicted octanol–water partition coefficient (Wildman–Crippen LogP) is 2.27. The highest BCUT2D eigenvalue weighted by Crippen LogP contribution is 2.34. The third-order valence-corrected chi connectivity index (χ3v) is 3.62. The van der Waals surface area contributed by atoms with Gasteiger partial charge in [0.05, 0.1) is 0 Å². The maximum atomic E-state index is 12.2. The molecule has 2 heterocycles. The largest absolute Gasteiger partial charge is 0.444 e. The first-order chi connectivity index (χ1) is 7.87.